The van der Waals surface area contributed by atoms with E-state index in [1.807, 2.05) is 25.1 Å². The largest absolute Gasteiger partial charge is 0.478 e. The SMILES string of the molecule is Cc1ccccc1OC1(C(=O)O)CCN(C(=O)c2ccncc2)CC1. The number of amides is 1. The van der Waals surface area contributed by atoms with E-state index < -0.39 is 11.6 Å². The molecule has 0 aliphatic carbocycles. The van der Waals surface area contributed by atoms with Gasteiger partial charge in [-0.3, -0.25) is 9.78 Å². The third-order valence-corrected chi connectivity index (χ3v) is 4.57. The number of benzene rings is 1. The Morgan fingerprint density at radius 1 is 1.12 bits per heavy atom. The molecule has 1 amide bonds. The molecule has 1 saturated heterocycles. The van der Waals surface area contributed by atoms with E-state index in [9.17, 15) is 14.7 Å². The molecular formula is C19H20N2O4. The molecule has 0 saturated carbocycles. The fourth-order valence-corrected chi connectivity index (χ4v) is 2.99. The third-order valence-electron chi connectivity index (χ3n) is 4.57. The molecule has 0 atom stereocenters. The molecule has 6 heteroatoms. The lowest BCUT2D eigenvalue weighted by molar-refractivity contribution is -0.159. The normalized spacial score (nSPS) is 16.3. The molecule has 1 aromatic carbocycles. The highest BCUT2D eigenvalue weighted by molar-refractivity contribution is 5.94. The van der Waals surface area contributed by atoms with Gasteiger partial charge in [-0.25, -0.2) is 4.79 Å². The minimum Gasteiger partial charge on any atom is -0.478 e. The average molecular weight is 340 g/mol. The highest BCUT2D eigenvalue weighted by atomic mass is 16.5. The van der Waals surface area contributed by atoms with E-state index in [4.69, 9.17) is 4.74 Å². The quantitative estimate of drug-likeness (QED) is 0.925. The summed E-state index contributed by atoms with van der Waals surface area (Å²) in [6.07, 6.45) is 3.63. The zero-order valence-electron chi connectivity index (χ0n) is 14.0. The first kappa shape index (κ1) is 17.0. The Hall–Kier alpha value is -2.89. The first-order valence-electron chi connectivity index (χ1n) is 8.19. The topological polar surface area (TPSA) is 79.7 Å². The van der Waals surface area contributed by atoms with Crippen LogP contribution in [0.15, 0.2) is 48.8 Å². The molecule has 6 nitrogen and oxygen atoms in total. The van der Waals surface area contributed by atoms with Crippen molar-refractivity contribution in [1.82, 2.24) is 9.88 Å². The number of aliphatic carboxylic acids is 1. The van der Waals surface area contributed by atoms with Crippen LogP contribution in [0, 0.1) is 6.92 Å². The highest BCUT2D eigenvalue weighted by Crippen LogP contribution is 2.31. The molecule has 0 unspecified atom stereocenters. The van der Waals surface area contributed by atoms with Gasteiger partial charge in [0.2, 0.25) is 5.60 Å². The second-order valence-corrected chi connectivity index (χ2v) is 6.20. The van der Waals surface area contributed by atoms with Crippen molar-refractivity contribution >= 4 is 11.9 Å². The van der Waals surface area contributed by atoms with Crippen molar-refractivity contribution in [2.75, 3.05) is 13.1 Å². The van der Waals surface area contributed by atoms with Crippen LogP contribution in [-0.2, 0) is 4.79 Å². The molecular weight excluding hydrogens is 320 g/mol. The Labute approximate surface area is 146 Å². The van der Waals surface area contributed by atoms with Gasteiger partial charge in [0.25, 0.3) is 5.91 Å². The first-order chi connectivity index (χ1) is 12.0. The number of carboxylic acid groups (broad SMARTS) is 1. The van der Waals surface area contributed by atoms with Gasteiger partial charge < -0.3 is 14.7 Å². The lowest BCUT2D eigenvalue weighted by atomic mass is 9.90. The Morgan fingerprint density at radius 2 is 1.76 bits per heavy atom. The molecule has 25 heavy (non-hydrogen) atoms. The van der Waals surface area contributed by atoms with E-state index in [0.717, 1.165) is 5.56 Å². The van der Waals surface area contributed by atoms with E-state index in [2.05, 4.69) is 4.98 Å². The van der Waals surface area contributed by atoms with Crippen LogP contribution < -0.4 is 4.74 Å². The van der Waals surface area contributed by atoms with Crippen molar-refractivity contribution in [3.8, 4) is 5.75 Å². The number of aryl methyl sites for hydroxylation is 1. The number of aromatic nitrogens is 1. The summed E-state index contributed by atoms with van der Waals surface area (Å²) in [5, 5.41) is 9.75. The molecule has 1 aromatic heterocycles. The molecule has 0 spiro atoms. The monoisotopic (exact) mass is 340 g/mol. The molecule has 3 rings (SSSR count). The summed E-state index contributed by atoms with van der Waals surface area (Å²) < 4.78 is 5.92. The Balaban J connectivity index is 1.74. The van der Waals surface area contributed by atoms with Gasteiger partial charge in [-0.15, -0.1) is 0 Å². The number of hydrogen-bond acceptors (Lipinski definition) is 4. The number of piperidine rings is 1. The number of para-hydroxylation sites is 1. The van der Waals surface area contributed by atoms with Crippen LogP contribution in [-0.4, -0.2) is 45.6 Å². The van der Waals surface area contributed by atoms with Gasteiger partial charge in [0, 0.05) is 43.9 Å². The van der Waals surface area contributed by atoms with Gasteiger partial charge in [0.15, 0.2) is 0 Å². The molecule has 0 bridgehead atoms. The van der Waals surface area contributed by atoms with Crippen molar-refractivity contribution in [2.45, 2.75) is 25.4 Å². The minimum atomic E-state index is -1.30. The molecule has 1 aliphatic heterocycles. The van der Waals surface area contributed by atoms with Gasteiger partial charge in [0.1, 0.15) is 5.75 Å². The summed E-state index contributed by atoms with van der Waals surface area (Å²) in [6.45, 7) is 2.55. The maximum atomic E-state index is 12.5. The Bertz CT molecular complexity index is 768. The van der Waals surface area contributed by atoms with Crippen molar-refractivity contribution in [2.24, 2.45) is 0 Å². The molecule has 0 radical (unpaired) electrons. The number of ether oxygens (including phenoxy) is 1. The van der Waals surface area contributed by atoms with Crippen molar-refractivity contribution in [1.29, 1.82) is 0 Å². The van der Waals surface area contributed by atoms with Crippen LogP contribution in [0.5, 0.6) is 5.75 Å². The van der Waals surface area contributed by atoms with Crippen molar-refractivity contribution in [3.63, 3.8) is 0 Å². The fraction of sp³-hybridized carbons (Fsp3) is 0.316. The van der Waals surface area contributed by atoms with E-state index in [1.165, 1.54) is 0 Å². The lowest BCUT2D eigenvalue weighted by Gasteiger charge is -2.39. The number of likely N-dealkylation sites (tertiary alicyclic amines) is 1. The van der Waals surface area contributed by atoms with Gasteiger partial charge in [-0.05, 0) is 30.7 Å². The maximum absolute atomic E-state index is 12.5. The summed E-state index contributed by atoms with van der Waals surface area (Å²) in [7, 11) is 0. The zero-order valence-corrected chi connectivity index (χ0v) is 14.0. The summed E-state index contributed by atoms with van der Waals surface area (Å²) in [5.74, 6) is -0.539. The number of carbonyl (C=O) groups excluding carboxylic acids is 1. The summed E-state index contributed by atoms with van der Waals surface area (Å²) in [5.41, 5.74) is 0.136. The van der Waals surface area contributed by atoms with E-state index >= 15 is 0 Å². The lowest BCUT2D eigenvalue weighted by Crippen LogP contribution is -2.54. The van der Waals surface area contributed by atoms with Gasteiger partial charge in [0.05, 0.1) is 0 Å². The Morgan fingerprint density at radius 3 is 2.36 bits per heavy atom. The van der Waals surface area contributed by atoms with Crippen LogP contribution in [0.25, 0.3) is 0 Å². The van der Waals surface area contributed by atoms with Gasteiger partial charge in [-0.2, -0.15) is 0 Å². The second kappa shape index (κ2) is 6.93. The third kappa shape index (κ3) is 3.47. The van der Waals surface area contributed by atoms with Crippen LogP contribution in [0.1, 0.15) is 28.8 Å². The molecule has 1 N–H and O–H groups in total. The summed E-state index contributed by atoms with van der Waals surface area (Å²) in [6, 6.07) is 10.7. The summed E-state index contributed by atoms with van der Waals surface area (Å²) >= 11 is 0. The number of nitrogens with zero attached hydrogens (tertiary/aromatic N) is 2. The van der Waals surface area contributed by atoms with Crippen molar-refractivity contribution < 1.29 is 19.4 Å². The van der Waals surface area contributed by atoms with Gasteiger partial charge >= 0.3 is 5.97 Å². The molecule has 1 fully saturated rings. The van der Waals surface area contributed by atoms with E-state index in [1.54, 1.807) is 35.5 Å². The van der Waals surface area contributed by atoms with E-state index in [-0.39, 0.29) is 18.7 Å². The standard InChI is InChI=1S/C19H20N2O4/c1-14-4-2-3-5-16(14)25-19(18(23)24)8-12-21(13-9-19)17(22)15-6-10-20-11-7-15/h2-7,10-11H,8-9,12-13H2,1H3,(H,23,24). The zero-order chi connectivity index (χ0) is 17.9. The van der Waals surface area contributed by atoms with Crippen LogP contribution in [0.3, 0.4) is 0 Å². The van der Waals surface area contributed by atoms with Crippen LogP contribution in [0.2, 0.25) is 0 Å². The molecule has 2 aromatic rings. The number of carboxylic acids is 1. The van der Waals surface area contributed by atoms with Crippen LogP contribution >= 0.6 is 0 Å². The molecule has 1 aliphatic rings. The predicted molar refractivity (Wildman–Crippen MR) is 91.5 cm³/mol. The number of rotatable bonds is 4. The number of hydrogen-bond donors (Lipinski definition) is 1. The smallest absolute Gasteiger partial charge is 0.348 e. The van der Waals surface area contributed by atoms with Gasteiger partial charge in [-0.1, -0.05) is 18.2 Å². The van der Waals surface area contributed by atoms with Crippen molar-refractivity contribution in [3.05, 3.63) is 59.9 Å². The summed E-state index contributed by atoms with van der Waals surface area (Å²) in [4.78, 5) is 30.0. The molecule has 2 heterocycles. The van der Waals surface area contributed by atoms with Crippen LogP contribution in [0.4, 0.5) is 0 Å². The predicted octanol–water partition coefficient (Wildman–Crippen LogP) is 2.53. The fourth-order valence-electron chi connectivity index (χ4n) is 2.99. The van der Waals surface area contributed by atoms with E-state index in [0.29, 0.717) is 24.4 Å². The molecule has 130 valence electrons. The number of carbonyl (C=O) groups is 2. The highest BCUT2D eigenvalue weighted by Gasteiger charge is 2.45. The number of pyridine rings is 1. The average Bonchev–Trinajstić information content (AvgIpc) is 2.64. The maximum Gasteiger partial charge on any atom is 0.348 e. The Kier molecular flexibility index (Phi) is 4.70. The first-order valence-corrected chi connectivity index (χ1v) is 8.19. The second-order valence-electron chi connectivity index (χ2n) is 6.20. The minimum absolute atomic E-state index is 0.114.